The van der Waals surface area contributed by atoms with Gasteiger partial charge in [-0.25, -0.2) is 15.0 Å². The van der Waals surface area contributed by atoms with Gasteiger partial charge in [0, 0.05) is 36.8 Å². The van der Waals surface area contributed by atoms with E-state index in [-0.39, 0.29) is 6.04 Å². The quantitative estimate of drug-likeness (QED) is 0.499. The van der Waals surface area contributed by atoms with Gasteiger partial charge in [0.25, 0.3) is 5.91 Å². The minimum absolute atomic E-state index is 0.249. The van der Waals surface area contributed by atoms with Crippen molar-refractivity contribution in [3.8, 4) is 11.3 Å². The number of aromatic nitrogens is 3. The first-order valence-electron chi connectivity index (χ1n) is 12.5. The molecule has 4 N–H and O–H groups in total. The molecule has 2 bridgehead atoms. The normalized spacial score (nSPS) is 24.5. The number of nitrogens with two attached hydrogens (primary N) is 1. The molecule has 3 aliphatic rings. The van der Waals surface area contributed by atoms with E-state index in [1.807, 2.05) is 0 Å². The number of hydrogen-bond donors (Lipinski definition) is 3. The van der Waals surface area contributed by atoms with Gasteiger partial charge in [-0.15, -0.1) is 0 Å². The summed E-state index contributed by atoms with van der Waals surface area (Å²) in [6.45, 7) is 4.48. The van der Waals surface area contributed by atoms with Crippen LogP contribution in [-0.2, 0) is 11.3 Å². The first-order chi connectivity index (χ1) is 17.2. The van der Waals surface area contributed by atoms with E-state index in [1.165, 1.54) is 24.7 Å². The Hall–Kier alpha value is -3.14. The van der Waals surface area contributed by atoms with Gasteiger partial charge in [-0.05, 0) is 43.9 Å². The Morgan fingerprint density at radius 2 is 1.91 bits per heavy atom. The number of hydrogen-bond acceptors (Lipinski definition) is 8. The Bertz CT molecular complexity index is 1210. The SMILES string of the molecule is NC(=O)c1cc(-c2ccc(CN3C4CCC3COC4)cc2)nc2c(N[C@H]3CCCNC3)ncnc12. The van der Waals surface area contributed by atoms with E-state index in [0.717, 1.165) is 51.3 Å². The molecular weight excluding hydrogens is 442 g/mol. The van der Waals surface area contributed by atoms with Gasteiger partial charge >= 0.3 is 0 Å². The highest BCUT2D eigenvalue weighted by Gasteiger charge is 2.37. The van der Waals surface area contributed by atoms with E-state index in [1.54, 1.807) is 6.07 Å². The summed E-state index contributed by atoms with van der Waals surface area (Å²) >= 11 is 0. The van der Waals surface area contributed by atoms with E-state index in [9.17, 15) is 4.79 Å². The third kappa shape index (κ3) is 4.47. The van der Waals surface area contributed by atoms with Crippen molar-refractivity contribution in [2.24, 2.45) is 5.73 Å². The number of piperidine rings is 1. The van der Waals surface area contributed by atoms with Gasteiger partial charge < -0.3 is 21.1 Å². The molecule has 182 valence electrons. The number of nitrogens with one attached hydrogen (secondary N) is 2. The number of primary amides is 1. The Balaban J connectivity index is 1.31. The fraction of sp³-hybridized carbons (Fsp3) is 0.462. The van der Waals surface area contributed by atoms with Crippen molar-refractivity contribution in [1.29, 1.82) is 0 Å². The molecule has 6 rings (SSSR count). The summed E-state index contributed by atoms with van der Waals surface area (Å²) in [5, 5.41) is 6.90. The van der Waals surface area contributed by atoms with Gasteiger partial charge in [0.15, 0.2) is 5.82 Å². The predicted molar refractivity (Wildman–Crippen MR) is 134 cm³/mol. The molecule has 5 heterocycles. The standard InChI is InChI=1S/C26H31N7O2/c27-25(34)21-10-22(32-24-23(21)29-15-30-26(24)31-18-2-1-9-28-11-18)17-5-3-16(4-6-17)12-33-19-7-8-20(33)14-35-13-19/h3-6,10,15,18-20,28H,1-2,7-9,11-14H2,(H2,27,34)(H,29,30,31)/t18-,19?,20?/m0/s1. The van der Waals surface area contributed by atoms with E-state index in [4.69, 9.17) is 15.5 Å². The largest absolute Gasteiger partial charge is 0.378 e. The van der Waals surface area contributed by atoms with Crippen LogP contribution in [0.2, 0.25) is 0 Å². The first kappa shape index (κ1) is 22.3. The predicted octanol–water partition coefficient (Wildman–Crippen LogP) is 2.32. The minimum atomic E-state index is -0.526. The summed E-state index contributed by atoms with van der Waals surface area (Å²) < 4.78 is 5.72. The molecule has 3 atom stereocenters. The molecule has 0 radical (unpaired) electrons. The van der Waals surface area contributed by atoms with Crippen LogP contribution in [0, 0.1) is 0 Å². The Morgan fingerprint density at radius 1 is 1.11 bits per heavy atom. The number of morpholine rings is 1. The molecule has 2 aromatic heterocycles. The lowest BCUT2D eigenvalue weighted by atomic mass is 10.0. The molecule has 3 saturated heterocycles. The zero-order valence-electron chi connectivity index (χ0n) is 19.7. The number of rotatable bonds is 6. The van der Waals surface area contributed by atoms with Crippen molar-refractivity contribution in [1.82, 2.24) is 25.2 Å². The number of pyridine rings is 1. The maximum absolute atomic E-state index is 12.3. The number of carbonyl (C=O) groups excluding carboxylic acids is 1. The second kappa shape index (κ2) is 9.49. The number of benzene rings is 1. The van der Waals surface area contributed by atoms with Crippen molar-refractivity contribution in [3.63, 3.8) is 0 Å². The van der Waals surface area contributed by atoms with Crippen LogP contribution in [0.3, 0.4) is 0 Å². The summed E-state index contributed by atoms with van der Waals surface area (Å²) in [6, 6.07) is 11.5. The summed E-state index contributed by atoms with van der Waals surface area (Å²) in [7, 11) is 0. The third-order valence-electron chi connectivity index (χ3n) is 7.50. The molecule has 1 amide bonds. The van der Waals surface area contributed by atoms with E-state index in [2.05, 4.69) is 49.8 Å². The van der Waals surface area contributed by atoms with Crippen LogP contribution in [0.25, 0.3) is 22.3 Å². The summed E-state index contributed by atoms with van der Waals surface area (Å²) in [5.74, 6) is 0.106. The lowest BCUT2D eigenvalue weighted by Gasteiger charge is -2.34. The molecule has 9 nitrogen and oxygen atoms in total. The van der Waals surface area contributed by atoms with Gasteiger partial charge in [-0.3, -0.25) is 9.69 Å². The van der Waals surface area contributed by atoms with Gasteiger partial charge in [-0.2, -0.15) is 0 Å². The molecule has 0 spiro atoms. The van der Waals surface area contributed by atoms with Crippen molar-refractivity contribution in [2.75, 3.05) is 31.6 Å². The molecule has 9 heteroatoms. The maximum Gasteiger partial charge on any atom is 0.251 e. The van der Waals surface area contributed by atoms with Crippen molar-refractivity contribution >= 4 is 22.8 Å². The number of fused-ring (bicyclic) bond motifs is 3. The molecule has 3 aliphatic heterocycles. The zero-order chi connectivity index (χ0) is 23.8. The fourth-order valence-electron chi connectivity index (χ4n) is 5.61. The fourth-order valence-corrected chi connectivity index (χ4v) is 5.61. The second-order valence-corrected chi connectivity index (χ2v) is 9.82. The minimum Gasteiger partial charge on any atom is -0.378 e. The second-order valence-electron chi connectivity index (χ2n) is 9.82. The summed E-state index contributed by atoms with van der Waals surface area (Å²) in [4.78, 5) is 28.6. The molecule has 2 unspecified atom stereocenters. The molecular formula is C26H31N7O2. The smallest absolute Gasteiger partial charge is 0.251 e. The highest BCUT2D eigenvalue weighted by molar-refractivity contribution is 6.06. The number of nitrogens with zero attached hydrogens (tertiary/aromatic N) is 4. The number of carbonyl (C=O) groups is 1. The highest BCUT2D eigenvalue weighted by atomic mass is 16.5. The van der Waals surface area contributed by atoms with Crippen molar-refractivity contribution < 1.29 is 9.53 Å². The lowest BCUT2D eigenvalue weighted by Crippen LogP contribution is -2.45. The molecule has 3 aromatic rings. The highest BCUT2D eigenvalue weighted by Crippen LogP contribution is 2.31. The lowest BCUT2D eigenvalue weighted by molar-refractivity contribution is -0.0186. The third-order valence-corrected chi connectivity index (χ3v) is 7.50. The van der Waals surface area contributed by atoms with Crippen LogP contribution in [-0.4, -0.2) is 70.2 Å². The van der Waals surface area contributed by atoms with E-state index in [0.29, 0.717) is 40.2 Å². The zero-order valence-corrected chi connectivity index (χ0v) is 19.7. The van der Waals surface area contributed by atoms with Crippen LogP contribution >= 0.6 is 0 Å². The topological polar surface area (TPSA) is 118 Å². The summed E-state index contributed by atoms with van der Waals surface area (Å²) in [6.07, 6.45) is 6.05. The summed E-state index contributed by atoms with van der Waals surface area (Å²) in [5.41, 5.74) is 10.0. The Morgan fingerprint density at radius 3 is 2.63 bits per heavy atom. The molecule has 35 heavy (non-hydrogen) atoms. The van der Waals surface area contributed by atoms with Gasteiger partial charge in [0.1, 0.15) is 17.4 Å². The van der Waals surface area contributed by atoms with Gasteiger partial charge in [-0.1, -0.05) is 24.3 Å². The van der Waals surface area contributed by atoms with Crippen LogP contribution in [0.4, 0.5) is 5.82 Å². The van der Waals surface area contributed by atoms with E-state index >= 15 is 0 Å². The Labute approximate surface area is 204 Å². The van der Waals surface area contributed by atoms with Crippen LogP contribution in [0.15, 0.2) is 36.7 Å². The van der Waals surface area contributed by atoms with Crippen molar-refractivity contribution in [2.45, 2.75) is 50.4 Å². The van der Waals surface area contributed by atoms with Crippen molar-refractivity contribution in [3.05, 3.63) is 47.8 Å². The van der Waals surface area contributed by atoms with E-state index < -0.39 is 5.91 Å². The van der Waals surface area contributed by atoms with Crippen LogP contribution in [0.1, 0.15) is 41.6 Å². The maximum atomic E-state index is 12.3. The molecule has 1 aromatic carbocycles. The number of ether oxygens (including phenoxy) is 1. The molecule has 3 fully saturated rings. The number of anilines is 1. The number of amides is 1. The van der Waals surface area contributed by atoms with Crippen LogP contribution in [0.5, 0.6) is 0 Å². The molecule has 0 aliphatic carbocycles. The van der Waals surface area contributed by atoms with Crippen LogP contribution < -0.4 is 16.4 Å². The van der Waals surface area contributed by atoms with Gasteiger partial charge in [0.2, 0.25) is 0 Å². The average molecular weight is 474 g/mol. The average Bonchev–Trinajstić information content (AvgIpc) is 3.09. The Kier molecular flexibility index (Phi) is 6.05. The van der Waals surface area contributed by atoms with Gasteiger partial charge in [0.05, 0.1) is 24.5 Å². The monoisotopic (exact) mass is 473 g/mol. The molecule has 0 saturated carbocycles. The first-order valence-corrected chi connectivity index (χ1v) is 12.5.